The van der Waals surface area contributed by atoms with Crippen molar-refractivity contribution in [3.63, 3.8) is 0 Å². The predicted octanol–water partition coefficient (Wildman–Crippen LogP) is 1.84. The summed E-state index contributed by atoms with van der Waals surface area (Å²) in [6.45, 7) is 5.27. The van der Waals surface area contributed by atoms with Gasteiger partial charge in [-0.25, -0.2) is 5.84 Å². The normalized spacial score (nSPS) is 16.7. The zero-order chi connectivity index (χ0) is 13.8. The maximum atomic E-state index is 12.2. The fraction of sp³-hybridized carbons (Fsp3) is 0.533. The number of amides is 1. The molecule has 1 aliphatic carbocycles. The van der Waals surface area contributed by atoms with Crippen LogP contribution in [-0.4, -0.2) is 23.4 Å². The molecule has 2 rings (SSSR count). The lowest BCUT2D eigenvalue weighted by Crippen LogP contribution is -2.45. The van der Waals surface area contributed by atoms with Crippen molar-refractivity contribution >= 4 is 5.91 Å². The van der Waals surface area contributed by atoms with Crippen molar-refractivity contribution < 1.29 is 4.79 Å². The van der Waals surface area contributed by atoms with E-state index in [-0.39, 0.29) is 11.9 Å². The van der Waals surface area contributed by atoms with Gasteiger partial charge in [-0.05, 0) is 24.3 Å². The molecule has 4 heteroatoms. The van der Waals surface area contributed by atoms with Gasteiger partial charge in [-0.3, -0.25) is 15.1 Å². The number of rotatable bonds is 6. The molecule has 1 aromatic rings. The summed E-state index contributed by atoms with van der Waals surface area (Å²) in [7, 11) is 0. The van der Waals surface area contributed by atoms with Crippen LogP contribution >= 0.6 is 0 Å². The third kappa shape index (κ3) is 3.55. The summed E-state index contributed by atoms with van der Waals surface area (Å²) in [6.07, 6.45) is 2.35. The highest BCUT2D eigenvalue weighted by molar-refractivity contribution is 5.82. The summed E-state index contributed by atoms with van der Waals surface area (Å²) >= 11 is 0. The third-order valence-electron chi connectivity index (χ3n) is 3.43. The van der Waals surface area contributed by atoms with E-state index in [0.717, 1.165) is 12.1 Å². The van der Waals surface area contributed by atoms with Crippen molar-refractivity contribution in [1.29, 1.82) is 0 Å². The minimum Gasteiger partial charge on any atom is -0.293 e. The average molecular weight is 261 g/mol. The molecular weight excluding hydrogens is 238 g/mol. The first-order valence-corrected chi connectivity index (χ1v) is 6.94. The number of hydrogen-bond donors (Lipinski definition) is 2. The summed E-state index contributed by atoms with van der Waals surface area (Å²) in [5.74, 6) is 5.77. The first-order chi connectivity index (χ1) is 9.13. The fourth-order valence-electron chi connectivity index (χ4n) is 2.50. The molecule has 0 spiro atoms. The smallest absolute Gasteiger partial charge is 0.255 e. The zero-order valence-electron chi connectivity index (χ0n) is 11.7. The highest BCUT2D eigenvalue weighted by Crippen LogP contribution is 2.35. The van der Waals surface area contributed by atoms with Crippen LogP contribution in [0.2, 0.25) is 0 Å². The molecule has 0 aromatic heterocycles. The van der Waals surface area contributed by atoms with E-state index in [9.17, 15) is 4.79 Å². The Bertz CT molecular complexity index is 415. The Morgan fingerprint density at radius 2 is 2.00 bits per heavy atom. The van der Waals surface area contributed by atoms with E-state index in [1.54, 1.807) is 0 Å². The molecular formula is C15H23N3O. The Morgan fingerprint density at radius 3 is 2.47 bits per heavy atom. The molecule has 0 bridgehead atoms. The molecule has 1 aromatic carbocycles. The van der Waals surface area contributed by atoms with Gasteiger partial charge in [0, 0.05) is 12.6 Å². The Hall–Kier alpha value is -1.39. The summed E-state index contributed by atoms with van der Waals surface area (Å²) in [5, 5.41) is 0. The predicted molar refractivity (Wildman–Crippen MR) is 76.1 cm³/mol. The van der Waals surface area contributed by atoms with E-state index >= 15 is 0 Å². The highest BCUT2D eigenvalue weighted by Gasteiger charge is 2.38. The monoisotopic (exact) mass is 261 g/mol. The van der Waals surface area contributed by atoms with Gasteiger partial charge in [0.1, 0.15) is 6.04 Å². The van der Waals surface area contributed by atoms with Crippen molar-refractivity contribution in [3.8, 4) is 0 Å². The minimum absolute atomic E-state index is 0.126. The summed E-state index contributed by atoms with van der Waals surface area (Å²) in [4.78, 5) is 14.5. The van der Waals surface area contributed by atoms with Gasteiger partial charge in [0.15, 0.2) is 0 Å². The lowest BCUT2D eigenvalue weighted by molar-refractivity contribution is -0.127. The number of hydrogen-bond acceptors (Lipinski definition) is 3. The van der Waals surface area contributed by atoms with Crippen molar-refractivity contribution in [2.45, 2.75) is 38.8 Å². The lowest BCUT2D eigenvalue weighted by atomic mass is 10.0. The second-order valence-corrected chi connectivity index (χ2v) is 5.64. The zero-order valence-corrected chi connectivity index (χ0v) is 11.7. The molecule has 1 aliphatic rings. The van der Waals surface area contributed by atoms with Gasteiger partial charge in [-0.15, -0.1) is 0 Å². The molecule has 1 amide bonds. The fourth-order valence-corrected chi connectivity index (χ4v) is 2.50. The van der Waals surface area contributed by atoms with Gasteiger partial charge < -0.3 is 0 Å². The van der Waals surface area contributed by atoms with Gasteiger partial charge >= 0.3 is 0 Å². The second kappa shape index (κ2) is 6.17. The number of carbonyl (C=O) groups is 1. The Kier molecular flexibility index (Phi) is 4.56. The molecule has 0 saturated heterocycles. The summed E-state index contributed by atoms with van der Waals surface area (Å²) in [6, 6.07) is 10.1. The van der Waals surface area contributed by atoms with Crippen LogP contribution in [0.5, 0.6) is 0 Å². The third-order valence-corrected chi connectivity index (χ3v) is 3.43. The summed E-state index contributed by atoms with van der Waals surface area (Å²) in [5.41, 5.74) is 3.33. The number of nitrogens with zero attached hydrogens (tertiary/aromatic N) is 1. The van der Waals surface area contributed by atoms with E-state index in [0.29, 0.717) is 12.0 Å². The van der Waals surface area contributed by atoms with Crippen LogP contribution in [0.15, 0.2) is 30.3 Å². The van der Waals surface area contributed by atoms with Gasteiger partial charge in [0.25, 0.3) is 5.91 Å². The van der Waals surface area contributed by atoms with E-state index in [1.807, 2.05) is 30.3 Å². The van der Waals surface area contributed by atoms with E-state index < -0.39 is 0 Å². The Balaban J connectivity index is 2.27. The van der Waals surface area contributed by atoms with Crippen LogP contribution in [0.4, 0.5) is 0 Å². The van der Waals surface area contributed by atoms with Gasteiger partial charge in [0.05, 0.1) is 0 Å². The van der Waals surface area contributed by atoms with Crippen LogP contribution < -0.4 is 11.3 Å². The molecule has 1 unspecified atom stereocenters. The Labute approximate surface area is 114 Å². The molecule has 0 radical (unpaired) electrons. The molecule has 1 fully saturated rings. The Morgan fingerprint density at radius 1 is 1.37 bits per heavy atom. The topological polar surface area (TPSA) is 58.4 Å². The van der Waals surface area contributed by atoms with Crippen molar-refractivity contribution in [2.75, 3.05) is 6.54 Å². The minimum atomic E-state index is -0.277. The van der Waals surface area contributed by atoms with Crippen LogP contribution in [0.1, 0.15) is 38.3 Å². The van der Waals surface area contributed by atoms with E-state index in [1.165, 1.54) is 12.8 Å². The molecule has 104 valence electrons. The molecule has 1 saturated carbocycles. The maximum Gasteiger partial charge on any atom is 0.255 e. The largest absolute Gasteiger partial charge is 0.293 e. The van der Waals surface area contributed by atoms with Gasteiger partial charge in [0.2, 0.25) is 0 Å². The van der Waals surface area contributed by atoms with E-state index in [4.69, 9.17) is 5.84 Å². The van der Waals surface area contributed by atoms with Crippen LogP contribution in [-0.2, 0) is 4.79 Å². The molecule has 3 N–H and O–H groups in total. The van der Waals surface area contributed by atoms with E-state index in [2.05, 4.69) is 24.2 Å². The average Bonchev–Trinajstić information content (AvgIpc) is 3.22. The lowest BCUT2D eigenvalue weighted by Gasteiger charge is -2.32. The van der Waals surface area contributed by atoms with Crippen LogP contribution in [0.25, 0.3) is 0 Å². The standard InChI is InChI=1S/C15H23N3O/c1-11(2)10-18(13-8-9-13)14(15(19)17-16)12-6-4-3-5-7-12/h3-7,11,13-14H,8-10,16H2,1-2H3,(H,17,19). The number of carbonyl (C=O) groups excluding carboxylic acids is 1. The summed E-state index contributed by atoms with van der Waals surface area (Å²) < 4.78 is 0. The van der Waals surface area contributed by atoms with Crippen LogP contribution in [0.3, 0.4) is 0 Å². The molecule has 1 atom stereocenters. The number of nitrogens with one attached hydrogen (secondary N) is 1. The molecule has 0 heterocycles. The van der Waals surface area contributed by atoms with Crippen molar-refractivity contribution in [2.24, 2.45) is 11.8 Å². The first-order valence-electron chi connectivity index (χ1n) is 6.94. The SMILES string of the molecule is CC(C)CN(C1CC1)C(C(=O)NN)c1ccccc1. The number of benzene rings is 1. The number of nitrogens with two attached hydrogens (primary N) is 1. The second-order valence-electron chi connectivity index (χ2n) is 5.64. The quantitative estimate of drug-likeness (QED) is 0.467. The van der Waals surface area contributed by atoms with Crippen molar-refractivity contribution in [1.82, 2.24) is 10.3 Å². The molecule has 19 heavy (non-hydrogen) atoms. The number of hydrazine groups is 1. The molecule has 4 nitrogen and oxygen atoms in total. The molecule has 0 aliphatic heterocycles. The van der Waals surface area contributed by atoms with Crippen molar-refractivity contribution in [3.05, 3.63) is 35.9 Å². The highest BCUT2D eigenvalue weighted by atomic mass is 16.2. The first kappa shape index (κ1) is 14.0. The maximum absolute atomic E-state index is 12.2. The van der Waals surface area contributed by atoms with Crippen LogP contribution in [0, 0.1) is 5.92 Å². The van der Waals surface area contributed by atoms with Gasteiger partial charge in [-0.2, -0.15) is 0 Å². The van der Waals surface area contributed by atoms with Gasteiger partial charge in [-0.1, -0.05) is 44.2 Å².